The van der Waals surface area contributed by atoms with E-state index in [1.807, 2.05) is 0 Å². The number of amides is 1. The lowest BCUT2D eigenvalue weighted by Crippen LogP contribution is -2.44. The number of hydrogen-bond donors (Lipinski definition) is 0. The van der Waals surface area contributed by atoms with E-state index in [1.54, 1.807) is 0 Å². The molecule has 1 aromatic heterocycles. The lowest BCUT2D eigenvalue weighted by atomic mass is 9.87. The van der Waals surface area contributed by atoms with E-state index in [2.05, 4.69) is 40.8 Å². The summed E-state index contributed by atoms with van der Waals surface area (Å²) in [6, 6.07) is 4.51. The Kier molecular flexibility index (Phi) is 6.19. The van der Waals surface area contributed by atoms with Gasteiger partial charge in [-0.3, -0.25) is 9.78 Å². The molecule has 0 spiro atoms. The van der Waals surface area contributed by atoms with E-state index >= 15 is 0 Å². The van der Waals surface area contributed by atoms with Crippen molar-refractivity contribution < 1.29 is 4.79 Å². The lowest BCUT2D eigenvalue weighted by molar-refractivity contribution is -0.131. The molecular weight excluding hydrogens is 348 g/mol. The van der Waals surface area contributed by atoms with Crippen LogP contribution in [0.2, 0.25) is 0 Å². The van der Waals surface area contributed by atoms with E-state index < -0.39 is 0 Å². The molecule has 1 aliphatic carbocycles. The number of carbonyl (C=O) groups is 1. The molecule has 1 aromatic rings. The summed E-state index contributed by atoms with van der Waals surface area (Å²) < 4.78 is 0. The third-order valence-electron chi connectivity index (χ3n) is 6.97. The normalized spacial score (nSPS) is 24.7. The maximum Gasteiger partial charge on any atom is 0.222 e. The second-order valence-corrected chi connectivity index (χ2v) is 9.22. The number of aromatic nitrogens is 1. The first-order valence-corrected chi connectivity index (χ1v) is 11.3. The lowest BCUT2D eigenvalue weighted by Gasteiger charge is -2.34. The molecule has 1 atom stereocenters. The van der Waals surface area contributed by atoms with Crippen LogP contribution in [0.3, 0.4) is 0 Å². The monoisotopic (exact) mass is 384 g/mol. The second kappa shape index (κ2) is 8.81. The zero-order chi connectivity index (χ0) is 19.5. The van der Waals surface area contributed by atoms with Crippen molar-refractivity contribution in [3.63, 3.8) is 0 Å². The molecule has 5 heteroatoms. The van der Waals surface area contributed by atoms with Crippen molar-refractivity contribution in [2.45, 2.75) is 57.8 Å². The Morgan fingerprint density at radius 2 is 1.79 bits per heavy atom. The number of hydrogen-bond acceptors (Lipinski definition) is 4. The van der Waals surface area contributed by atoms with Crippen LogP contribution in [0, 0.1) is 12.8 Å². The average molecular weight is 385 g/mol. The molecule has 0 aromatic carbocycles. The number of aryl methyl sites for hydroxylation is 1. The van der Waals surface area contributed by atoms with Crippen LogP contribution >= 0.6 is 0 Å². The third-order valence-corrected chi connectivity index (χ3v) is 6.97. The number of anilines is 1. The number of likely N-dealkylation sites (N-methyl/N-ethyl adjacent to an activating group) is 1. The number of likely N-dealkylation sites (tertiary alicyclic amines) is 1. The summed E-state index contributed by atoms with van der Waals surface area (Å²) in [7, 11) is 2.19. The summed E-state index contributed by atoms with van der Waals surface area (Å²) in [4.78, 5) is 24.6. The first-order chi connectivity index (χ1) is 13.6. The van der Waals surface area contributed by atoms with Gasteiger partial charge in [0, 0.05) is 68.7 Å². The van der Waals surface area contributed by atoms with E-state index in [9.17, 15) is 4.79 Å². The van der Waals surface area contributed by atoms with Crippen LogP contribution in [0.1, 0.15) is 62.3 Å². The largest absolute Gasteiger partial charge is 0.369 e. The molecule has 3 aliphatic rings. The molecule has 4 rings (SSSR count). The molecule has 154 valence electrons. The standard InChI is InChI=1S/C23H36N4O/c1-18-14-21(26-12-10-25(2)11-13-26)16-22(24-18)20-8-9-27(17-20)23(28)15-19-6-4-3-5-7-19/h14,16,19-20H,3-13,15,17H2,1-2H3. The van der Waals surface area contributed by atoms with Gasteiger partial charge in [0.1, 0.15) is 0 Å². The molecule has 1 unspecified atom stereocenters. The van der Waals surface area contributed by atoms with Crippen LogP contribution in [-0.2, 0) is 4.79 Å². The van der Waals surface area contributed by atoms with E-state index in [4.69, 9.17) is 4.98 Å². The summed E-state index contributed by atoms with van der Waals surface area (Å²) in [6.07, 6.45) is 8.28. The van der Waals surface area contributed by atoms with Crippen molar-refractivity contribution in [3.05, 3.63) is 23.5 Å². The maximum absolute atomic E-state index is 12.8. The molecule has 0 bridgehead atoms. The molecule has 3 fully saturated rings. The van der Waals surface area contributed by atoms with Crippen molar-refractivity contribution >= 4 is 11.6 Å². The van der Waals surface area contributed by atoms with Crippen LogP contribution in [0.5, 0.6) is 0 Å². The SMILES string of the molecule is Cc1cc(N2CCN(C)CC2)cc(C2CCN(C(=O)CC3CCCCC3)C2)n1. The number of pyridine rings is 1. The quantitative estimate of drug-likeness (QED) is 0.797. The highest BCUT2D eigenvalue weighted by Gasteiger charge is 2.30. The van der Waals surface area contributed by atoms with Gasteiger partial charge in [0.2, 0.25) is 5.91 Å². The van der Waals surface area contributed by atoms with Crippen LogP contribution in [0.15, 0.2) is 12.1 Å². The van der Waals surface area contributed by atoms with Gasteiger partial charge in [-0.25, -0.2) is 0 Å². The van der Waals surface area contributed by atoms with Gasteiger partial charge in [0.05, 0.1) is 0 Å². The molecule has 1 saturated carbocycles. The summed E-state index contributed by atoms with van der Waals surface area (Å²) >= 11 is 0. The van der Waals surface area contributed by atoms with Gasteiger partial charge in [0.25, 0.3) is 0 Å². The number of nitrogens with zero attached hydrogens (tertiary/aromatic N) is 4. The van der Waals surface area contributed by atoms with Crippen molar-refractivity contribution in [3.8, 4) is 0 Å². The molecule has 2 aliphatic heterocycles. The van der Waals surface area contributed by atoms with Gasteiger partial charge in [0.15, 0.2) is 0 Å². The van der Waals surface area contributed by atoms with Gasteiger partial charge in [-0.1, -0.05) is 19.3 Å². The molecule has 28 heavy (non-hydrogen) atoms. The molecule has 0 N–H and O–H groups in total. The topological polar surface area (TPSA) is 39.7 Å². The van der Waals surface area contributed by atoms with Gasteiger partial charge >= 0.3 is 0 Å². The van der Waals surface area contributed by atoms with Gasteiger partial charge in [-0.2, -0.15) is 0 Å². The Morgan fingerprint density at radius 3 is 2.54 bits per heavy atom. The highest BCUT2D eigenvalue weighted by Crippen LogP contribution is 2.32. The molecule has 3 heterocycles. The molecule has 1 amide bonds. The van der Waals surface area contributed by atoms with E-state index in [0.717, 1.165) is 57.8 Å². The number of carbonyl (C=O) groups excluding carboxylic acids is 1. The Balaban J connectivity index is 1.38. The third kappa shape index (κ3) is 4.68. The zero-order valence-corrected chi connectivity index (χ0v) is 17.7. The summed E-state index contributed by atoms with van der Waals surface area (Å²) in [5, 5.41) is 0. The van der Waals surface area contributed by atoms with Crippen molar-refractivity contribution in [2.75, 3.05) is 51.2 Å². The highest BCUT2D eigenvalue weighted by molar-refractivity contribution is 5.77. The number of piperazine rings is 1. The fourth-order valence-corrected chi connectivity index (χ4v) is 5.13. The predicted molar refractivity (Wildman–Crippen MR) is 114 cm³/mol. The summed E-state index contributed by atoms with van der Waals surface area (Å²) in [6.45, 7) is 8.24. The average Bonchev–Trinajstić information content (AvgIpc) is 3.19. The van der Waals surface area contributed by atoms with Crippen molar-refractivity contribution in [2.24, 2.45) is 5.92 Å². The molecular formula is C23H36N4O. The fraction of sp³-hybridized carbons (Fsp3) is 0.739. The van der Waals surface area contributed by atoms with E-state index in [1.165, 1.54) is 43.5 Å². The first-order valence-electron chi connectivity index (χ1n) is 11.3. The van der Waals surface area contributed by atoms with Crippen LogP contribution in [0.25, 0.3) is 0 Å². The van der Waals surface area contributed by atoms with Gasteiger partial charge in [-0.05, 0) is 51.3 Å². The Hall–Kier alpha value is -1.62. The Bertz CT molecular complexity index is 677. The second-order valence-electron chi connectivity index (χ2n) is 9.22. The minimum atomic E-state index is 0.376. The summed E-state index contributed by atoms with van der Waals surface area (Å²) in [5.41, 5.74) is 3.59. The number of rotatable bonds is 4. The highest BCUT2D eigenvalue weighted by atomic mass is 16.2. The molecule has 2 saturated heterocycles. The van der Waals surface area contributed by atoms with Crippen LogP contribution < -0.4 is 4.90 Å². The van der Waals surface area contributed by atoms with E-state index in [0.29, 0.717) is 17.7 Å². The van der Waals surface area contributed by atoms with Crippen molar-refractivity contribution in [1.29, 1.82) is 0 Å². The first kappa shape index (κ1) is 19.7. The maximum atomic E-state index is 12.8. The van der Waals surface area contributed by atoms with Gasteiger partial charge in [-0.15, -0.1) is 0 Å². The molecule has 0 radical (unpaired) electrons. The minimum absolute atomic E-state index is 0.376. The van der Waals surface area contributed by atoms with Crippen LogP contribution in [0.4, 0.5) is 5.69 Å². The van der Waals surface area contributed by atoms with Crippen molar-refractivity contribution in [1.82, 2.24) is 14.8 Å². The zero-order valence-electron chi connectivity index (χ0n) is 17.7. The smallest absolute Gasteiger partial charge is 0.222 e. The molecule has 5 nitrogen and oxygen atoms in total. The summed E-state index contributed by atoms with van der Waals surface area (Å²) in [5.74, 6) is 1.39. The van der Waals surface area contributed by atoms with Crippen LogP contribution in [-0.4, -0.2) is 67.0 Å². The Labute approximate surface area is 170 Å². The van der Waals surface area contributed by atoms with E-state index in [-0.39, 0.29) is 0 Å². The minimum Gasteiger partial charge on any atom is -0.369 e. The Morgan fingerprint density at radius 1 is 1.04 bits per heavy atom. The fourth-order valence-electron chi connectivity index (χ4n) is 5.13. The van der Waals surface area contributed by atoms with Gasteiger partial charge < -0.3 is 14.7 Å². The predicted octanol–water partition coefficient (Wildman–Crippen LogP) is 3.43.